The van der Waals surface area contributed by atoms with Gasteiger partial charge in [0.25, 0.3) is 5.91 Å². The standard InChI is InChI=1S/C33H43N5O10S/c39-23-18-21(29(42)31-30(23)48-31)36-32(43)20-6-1-2-7-24(20)47-13-5-10-27(41)35-12-15-46-17-16-45-14-11-34-26(40)9-4-3-8-25-28-22(19-49-25)37-33(44)38-28/h1-2,5-7,10,18,22,25,28-31,42H,3-4,8-9,11-17,19H2,(H,34,40)(H,35,41)(H,36,43)(H2,37,38,44)/b10-5+/t22-,25-,28-,29-,30-,31+/m0/s1. The third-order valence-electron chi connectivity index (χ3n) is 8.29. The second-order valence-electron chi connectivity index (χ2n) is 11.9. The first-order chi connectivity index (χ1) is 23.8. The van der Waals surface area contributed by atoms with Crippen molar-refractivity contribution in [2.75, 3.05) is 51.9 Å². The number of rotatable bonds is 20. The van der Waals surface area contributed by atoms with Crippen LogP contribution in [0.2, 0.25) is 0 Å². The minimum absolute atomic E-state index is 0.00228. The van der Waals surface area contributed by atoms with Crippen LogP contribution in [-0.4, -0.2) is 122 Å². The minimum Gasteiger partial charge on any atom is -0.489 e. The molecule has 0 saturated carbocycles. The molecule has 1 aromatic carbocycles. The number of aliphatic hydroxyl groups excluding tert-OH is 1. The van der Waals surface area contributed by atoms with Crippen LogP contribution in [0.25, 0.3) is 0 Å². The number of thioether (sulfide) groups is 1. The van der Waals surface area contributed by atoms with Gasteiger partial charge in [0, 0.05) is 42.7 Å². The quantitative estimate of drug-likeness (QED) is 0.0460. The van der Waals surface area contributed by atoms with E-state index in [9.17, 15) is 29.1 Å². The van der Waals surface area contributed by atoms with Crippen molar-refractivity contribution in [2.45, 2.75) is 61.3 Å². The monoisotopic (exact) mass is 701 g/mol. The van der Waals surface area contributed by atoms with Gasteiger partial charge in [-0.3, -0.25) is 19.2 Å². The smallest absolute Gasteiger partial charge is 0.315 e. The number of para-hydroxylation sites is 1. The molecular weight excluding hydrogens is 658 g/mol. The number of carbonyl (C=O) groups is 5. The van der Waals surface area contributed by atoms with Crippen LogP contribution in [0.1, 0.15) is 36.0 Å². The lowest BCUT2D eigenvalue weighted by Crippen LogP contribution is -2.37. The van der Waals surface area contributed by atoms with Crippen molar-refractivity contribution in [2.24, 2.45) is 0 Å². The Labute approximate surface area is 288 Å². The lowest BCUT2D eigenvalue weighted by atomic mass is 10.0. The number of unbranched alkanes of at least 4 members (excludes halogenated alkanes) is 1. The molecule has 266 valence electrons. The van der Waals surface area contributed by atoms with Crippen LogP contribution in [-0.2, 0) is 28.6 Å². The van der Waals surface area contributed by atoms with E-state index >= 15 is 0 Å². The van der Waals surface area contributed by atoms with E-state index in [1.165, 1.54) is 18.2 Å². The molecule has 6 atom stereocenters. The lowest BCUT2D eigenvalue weighted by Gasteiger charge is -2.18. The molecule has 5 rings (SSSR count). The molecule has 3 aliphatic heterocycles. The third-order valence-corrected chi connectivity index (χ3v) is 9.80. The summed E-state index contributed by atoms with van der Waals surface area (Å²) in [5.74, 6) is 0.0129. The maximum atomic E-state index is 12.8. The Bertz CT molecular complexity index is 1420. The van der Waals surface area contributed by atoms with Gasteiger partial charge in [0.2, 0.25) is 11.8 Å². The molecule has 6 N–H and O–H groups in total. The van der Waals surface area contributed by atoms with Crippen molar-refractivity contribution in [3.63, 3.8) is 0 Å². The molecule has 5 amide bonds. The van der Waals surface area contributed by atoms with Gasteiger partial charge < -0.3 is 50.6 Å². The van der Waals surface area contributed by atoms with E-state index in [-0.39, 0.29) is 59.3 Å². The van der Waals surface area contributed by atoms with Crippen molar-refractivity contribution in [3.8, 4) is 5.75 Å². The summed E-state index contributed by atoms with van der Waals surface area (Å²) < 4.78 is 21.7. The zero-order chi connectivity index (χ0) is 34.6. The summed E-state index contributed by atoms with van der Waals surface area (Å²) in [6.45, 7) is 2.12. The third kappa shape index (κ3) is 10.8. The summed E-state index contributed by atoms with van der Waals surface area (Å²) in [6.07, 6.45) is 4.84. The normalized spacial score (nSPS) is 25.1. The Morgan fingerprint density at radius 3 is 2.61 bits per heavy atom. The van der Waals surface area contributed by atoms with Crippen LogP contribution in [0.5, 0.6) is 5.75 Å². The second kappa shape index (κ2) is 18.2. The molecule has 0 radical (unpaired) electrons. The number of aliphatic hydroxyl groups is 1. The maximum absolute atomic E-state index is 12.8. The zero-order valence-corrected chi connectivity index (χ0v) is 27.8. The Morgan fingerprint density at radius 1 is 1.02 bits per heavy atom. The average molecular weight is 702 g/mol. The van der Waals surface area contributed by atoms with Gasteiger partial charge in [-0.15, -0.1) is 0 Å². The maximum Gasteiger partial charge on any atom is 0.315 e. The molecule has 3 saturated heterocycles. The van der Waals surface area contributed by atoms with Crippen molar-refractivity contribution in [1.29, 1.82) is 0 Å². The van der Waals surface area contributed by atoms with E-state index in [0.29, 0.717) is 51.2 Å². The van der Waals surface area contributed by atoms with E-state index in [0.717, 1.165) is 25.0 Å². The molecule has 1 aliphatic carbocycles. The van der Waals surface area contributed by atoms with Gasteiger partial charge in [-0.1, -0.05) is 18.6 Å². The molecule has 3 heterocycles. The fourth-order valence-corrected chi connectivity index (χ4v) is 7.27. The SMILES string of the molecule is O=C(/C=C/COc1ccccc1C(=O)NC1=CC(=O)[C@@H]2O[C@@H]2[C@H]1O)NCCOCCOCCNC(=O)CCCC[C@@H]1SC[C@@H]2NC(=O)N[C@@H]21. The van der Waals surface area contributed by atoms with Gasteiger partial charge in [-0.25, -0.2) is 4.79 Å². The Morgan fingerprint density at radius 2 is 1.80 bits per heavy atom. The molecule has 49 heavy (non-hydrogen) atoms. The molecule has 0 unspecified atom stereocenters. The van der Waals surface area contributed by atoms with E-state index < -0.39 is 24.2 Å². The number of ketones is 1. The number of epoxide rings is 1. The van der Waals surface area contributed by atoms with Gasteiger partial charge in [0.15, 0.2) is 5.78 Å². The zero-order valence-electron chi connectivity index (χ0n) is 27.0. The Kier molecular flexibility index (Phi) is 13.5. The first-order valence-electron chi connectivity index (χ1n) is 16.5. The number of fused-ring (bicyclic) bond motifs is 2. The highest BCUT2D eigenvalue weighted by atomic mass is 32.2. The van der Waals surface area contributed by atoms with Crippen LogP contribution in [0, 0.1) is 0 Å². The van der Waals surface area contributed by atoms with Crippen LogP contribution in [0.15, 0.2) is 48.2 Å². The number of nitrogens with one attached hydrogen (secondary N) is 5. The first-order valence-corrected chi connectivity index (χ1v) is 17.5. The summed E-state index contributed by atoms with van der Waals surface area (Å²) in [5, 5.41) is 24.7. The van der Waals surface area contributed by atoms with Gasteiger partial charge in [-0.2, -0.15) is 11.8 Å². The van der Waals surface area contributed by atoms with Gasteiger partial charge in [0.1, 0.15) is 30.7 Å². The van der Waals surface area contributed by atoms with Crippen LogP contribution in [0.4, 0.5) is 4.79 Å². The molecule has 15 nitrogen and oxygen atoms in total. The number of carbonyl (C=O) groups excluding carboxylic acids is 5. The highest BCUT2D eigenvalue weighted by Gasteiger charge is 2.53. The number of ether oxygens (including phenoxy) is 4. The summed E-state index contributed by atoms with van der Waals surface area (Å²) in [5.41, 5.74) is 0.276. The molecule has 0 aromatic heterocycles. The molecular formula is C33H43N5O10S. The van der Waals surface area contributed by atoms with Gasteiger partial charge in [0.05, 0.1) is 49.8 Å². The topological polar surface area (TPSA) is 206 Å². The number of amides is 5. The number of benzene rings is 1. The predicted octanol–water partition coefficient (Wildman–Crippen LogP) is -0.0623. The van der Waals surface area contributed by atoms with E-state index in [1.807, 2.05) is 11.8 Å². The average Bonchev–Trinajstić information content (AvgIpc) is 3.71. The fourth-order valence-electron chi connectivity index (χ4n) is 5.72. The number of hydrogen-bond donors (Lipinski definition) is 6. The van der Waals surface area contributed by atoms with Crippen LogP contribution in [0.3, 0.4) is 0 Å². The van der Waals surface area contributed by atoms with E-state index in [2.05, 4.69) is 26.6 Å². The first kappa shape index (κ1) is 36.3. The molecule has 0 spiro atoms. The largest absolute Gasteiger partial charge is 0.489 e. The minimum atomic E-state index is -1.09. The molecule has 0 bridgehead atoms. The van der Waals surface area contributed by atoms with Crippen molar-refractivity contribution >= 4 is 41.3 Å². The molecule has 16 heteroatoms. The van der Waals surface area contributed by atoms with E-state index in [4.69, 9.17) is 18.9 Å². The van der Waals surface area contributed by atoms with Crippen molar-refractivity contribution in [1.82, 2.24) is 26.6 Å². The summed E-state index contributed by atoms with van der Waals surface area (Å²) in [4.78, 5) is 60.3. The Hall–Kier alpha value is -3.96. The summed E-state index contributed by atoms with van der Waals surface area (Å²) in [7, 11) is 0. The van der Waals surface area contributed by atoms with Crippen molar-refractivity contribution < 1.29 is 48.0 Å². The lowest BCUT2D eigenvalue weighted by molar-refractivity contribution is -0.121. The number of urea groups is 1. The molecule has 4 aliphatic rings. The molecule has 1 aromatic rings. The fraction of sp³-hybridized carbons (Fsp3) is 0.545. The van der Waals surface area contributed by atoms with Gasteiger partial charge in [-0.05, 0) is 31.1 Å². The predicted molar refractivity (Wildman–Crippen MR) is 178 cm³/mol. The second-order valence-corrected chi connectivity index (χ2v) is 13.1. The summed E-state index contributed by atoms with van der Waals surface area (Å²) in [6, 6.07) is 6.83. The molecule has 3 fully saturated rings. The van der Waals surface area contributed by atoms with E-state index in [1.54, 1.807) is 24.3 Å². The number of hydrogen-bond acceptors (Lipinski definition) is 11. The highest BCUT2D eigenvalue weighted by molar-refractivity contribution is 8.00. The highest BCUT2D eigenvalue weighted by Crippen LogP contribution is 2.34. The Balaban J connectivity index is 0.834. The van der Waals surface area contributed by atoms with Crippen LogP contribution < -0.4 is 31.3 Å². The van der Waals surface area contributed by atoms with Crippen molar-refractivity contribution in [3.05, 3.63) is 53.8 Å². The van der Waals surface area contributed by atoms with Gasteiger partial charge >= 0.3 is 6.03 Å². The van der Waals surface area contributed by atoms with Crippen LogP contribution >= 0.6 is 11.8 Å². The summed E-state index contributed by atoms with van der Waals surface area (Å²) >= 11 is 1.88.